The molecular formula is C13H13N3O2S2. The van der Waals surface area contributed by atoms with Gasteiger partial charge in [0, 0.05) is 11.1 Å². The van der Waals surface area contributed by atoms with Gasteiger partial charge in [-0.3, -0.25) is 4.79 Å². The number of aromatic amines is 1. The fourth-order valence-electron chi connectivity index (χ4n) is 1.81. The van der Waals surface area contributed by atoms with Gasteiger partial charge in [-0.05, 0) is 25.1 Å². The van der Waals surface area contributed by atoms with Gasteiger partial charge in [-0.1, -0.05) is 22.7 Å². The average molecular weight is 307 g/mol. The molecule has 0 aliphatic rings. The van der Waals surface area contributed by atoms with Crippen molar-refractivity contribution in [2.45, 2.75) is 13.5 Å². The summed E-state index contributed by atoms with van der Waals surface area (Å²) in [6, 6.07) is 5.87. The molecule has 20 heavy (non-hydrogen) atoms. The van der Waals surface area contributed by atoms with Gasteiger partial charge < -0.3 is 15.0 Å². The SMILES string of the molecule is CCOc1ccc2nc(NCc3csc(=O)[nH]3)sc2c1. The molecule has 5 nitrogen and oxygen atoms in total. The molecule has 0 saturated carbocycles. The van der Waals surface area contributed by atoms with Crippen LogP contribution in [0, 0.1) is 0 Å². The van der Waals surface area contributed by atoms with E-state index in [-0.39, 0.29) is 4.87 Å². The predicted octanol–water partition coefficient (Wildman–Crippen LogP) is 3.06. The van der Waals surface area contributed by atoms with Gasteiger partial charge >= 0.3 is 4.87 Å². The molecule has 3 rings (SSSR count). The monoisotopic (exact) mass is 307 g/mol. The largest absolute Gasteiger partial charge is 0.494 e. The van der Waals surface area contributed by atoms with Gasteiger partial charge in [-0.25, -0.2) is 4.98 Å². The highest BCUT2D eigenvalue weighted by atomic mass is 32.1. The minimum atomic E-state index is -0.0348. The van der Waals surface area contributed by atoms with Crippen molar-refractivity contribution in [2.75, 3.05) is 11.9 Å². The molecule has 0 atom stereocenters. The average Bonchev–Trinajstić information content (AvgIpc) is 3.02. The van der Waals surface area contributed by atoms with Crippen molar-refractivity contribution in [2.24, 2.45) is 0 Å². The highest BCUT2D eigenvalue weighted by Crippen LogP contribution is 2.29. The predicted molar refractivity (Wildman–Crippen MR) is 83.1 cm³/mol. The first-order chi connectivity index (χ1) is 9.74. The number of benzene rings is 1. The molecule has 0 unspecified atom stereocenters. The Bertz CT molecular complexity index is 775. The molecule has 0 amide bonds. The van der Waals surface area contributed by atoms with Crippen LogP contribution in [0.5, 0.6) is 5.75 Å². The Hall–Kier alpha value is -1.86. The third-order valence-electron chi connectivity index (χ3n) is 2.67. The number of hydrogen-bond donors (Lipinski definition) is 2. The summed E-state index contributed by atoms with van der Waals surface area (Å²) in [6.07, 6.45) is 0. The molecule has 2 heterocycles. The van der Waals surface area contributed by atoms with Crippen molar-refractivity contribution < 1.29 is 4.74 Å². The molecular weight excluding hydrogens is 294 g/mol. The summed E-state index contributed by atoms with van der Waals surface area (Å²) in [6.45, 7) is 3.18. The van der Waals surface area contributed by atoms with E-state index in [0.717, 1.165) is 26.8 Å². The third kappa shape index (κ3) is 2.83. The van der Waals surface area contributed by atoms with E-state index in [1.165, 1.54) is 11.3 Å². The van der Waals surface area contributed by atoms with E-state index in [1.54, 1.807) is 11.3 Å². The highest BCUT2D eigenvalue weighted by Gasteiger charge is 2.05. The molecule has 2 aromatic heterocycles. The van der Waals surface area contributed by atoms with E-state index in [1.807, 2.05) is 30.5 Å². The topological polar surface area (TPSA) is 67.0 Å². The Morgan fingerprint density at radius 2 is 2.35 bits per heavy atom. The van der Waals surface area contributed by atoms with Crippen molar-refractivity contribution in [1.82, 2.24) is 9.97 Å². The maximum absolute atomic E-state index is 11.0. The molecule has 0 aliphatic heterocycles. The first-order valence-corrected chi connectivity index (χ1v) is 7.88. The highest BCUT2D eigenvalue weighted by molar-refractivity contribution is 7.22. The van der Waals surface area contributed by atoms with Crippen LogP contribution in [0.25, 0.3) is 10.2 Å². The zero-order chi connectivity index (χ0) is 13.9. The number of aromatic nitrogens is 2. The van der Waals surface area contributed by atoms with E-state index in [0.29, 0.717) is 13.2 Å². The molecule has 0 aliphatic carbocycles. The van der Waals surface area contributed by atoms with Crippen molar-refractivity contribution >= 4 is 38.0 Å². The zero-order valence-corrected chi connectivity index (χ0v) is 12.4. The molecule has 0 bridgehead atoms. The molecule has 0 radical (unpaired) electrons. The molecule has 104 valence electrons. The number of fused-ring (bicyclic) bond motifs is 1. The van der Waals surface area contributed by atoms with Crippen LogP contribution in [0.4, 0.5) is 5.13 Å². The Kier molecular flexibility index (Phi) is 3.70. The van der Waals surface area contributed by atoms with Crippen LogP contribution in [0.3, 0.4) is 0 Å². The number of H-pyrrole nitrogens is 1. The van der Waals surface area contributed by atoms with Gasteiger partial charge in [0.2, 0.25) is 0 Å². The molecule has 7 heteroatoms. The number of nitrogens with zero attached hydrogens (tertiary/aromatic N) is 1. The Balaban J connectivity index is 1.76. The number of thiazole rings is 2. The van der Waals surface area contributed by atoms with Gasteiger partial charge in [-0.2, -0.15) is 0 Å². The molecule has 0 saturated heterocycles. The summed E-state index contributed by atoms with van der Waals surface area (Å²) >= 11 is 2.74. The van der Waals surface area contributed by atoms with E-state index in [2.05, 4.69) is 15.3 Å². The first kappa shape index (κ1) is 13.1. The Morgan fingerprint density at radius 1 is 1.45 bits per heavy atom. The van der Waals surface area contributed by atoms with Crippen LogP contribution < -0.4 is 14.9 Å². The number of nitrogens with one attached hydrogen (secondary N) is 2. The summed E-state index contributed by atoms with van der Waals surface area (Å²) in [5, 5.41) is 5.87. The summed E-state index contributed by atoms with van der Waals surface area (Å²) in [7, 11) is 0. The molecule has 0 spiro atoms. The third-order valence-corrected chi connectivity index (χ3v) is 4.37. The van der Waals surface area contributed by atoms with Gasteiger partial charge in [0.25, 0.3) is 0 Å². The normalized spacial score (nSPS) is 10.8. The van der Waals surface area contributed by atoms with Crippen LogP contribution >= 0.6 is 22.7 Å². The van der Waals surface area contributed by atoms with Gasteiger partial charge in [0.05, 0.1) is 23.4 Å². The minimum Gasteiger partial charge on any atom is -0.494 e. The second kappa shape index (κ2) is 5.64. The van der Waals surface area contributed by atoms with E-state index in [9.17, 15) is 4.79 Å². The summed E-state index contributed by atoms with van der Waals surface area (Å²) < 4.78 is 6.56. The van der Waals surface area contributed by atoms with Gasteiger partial charge in [-0.15, -0.1) is 0 Å². The number of anilines is 1. The number of rotatable bonds is 5. The fraction of sp³-hybridized carbons (Fsp3) is 0.231. The lowest BCUT2D eigenvalue weighted by molar-refractivity contribution is 0.341. The summed E-state index contributed by atoms with van der Waals surface area (Å²) in [4.78, 5) is 18.3. The maximum Gasteiger partial charge on any atom is 0.304 e. The maximum atomic E-state index is 11.0. The molecule has 3 aromatic rings. The van der Waals surface area contributed by atoms with Crippen LogP contribution in [0.15, 0.2) is 28.4 Å². The van der Waals surface area contributed by atoms with Crippen LogP contribution in [-0.2, 0) is 6.54 Å². The number of ether oxygens (including phenoxy) is 1. The van der Waals surface area contributed by atoms with Crippen molar-refractivity contribution in [3.05, 3.63) is 38.9 Å². The lowest BCUT2D eigenvalue weighted by Crippen LogP contribution is -2.02. The Morgan fingerprint density at radius 3 is 3.10 bits per heavy atom. The van der Waals surface area contributed by atoms with Crippen LogP contribution in [0.1, 0.15) is 12.6 Å². The second-order valence-electron chi connectivity index (χ2n) is 4.11. The van der Waals surface area contributed by atoms with E-state index < -0.39 is 0 Å². The van der Waals surface area contributed by atoms with Crippen LogP contribution in [0.2, 0.25) is 0 Å². The second-order valence-corrected chi connectivity index (χ2v) is 5.98. The van der Waals surface area contributed by atoms with E-state index in [4.69, 9.17) is 4.74 Å². The van der Waals surface area contributed by atoms with Crippen molar-refractivity contribution in [1.29, 1.82) is 0 Å². The van der Waals surface area contributed by atoms with E-state index >= 15 is 0 Å². The lowest BCUT2D eigenvalue weighted by atomic mass is 10.3. The van der Waals surface area contributed by atoms with Gasteiger partial charge in [0.1, 0.15) is 5.75 Å². The molecule has 1 aromatic carbocycles. The lowest BCUT2D eigenvalue weighted by Gasteiger charge is -2.00. The van der Waals surface area contributed by atoms with Gasteiger partial charge in [0.15, 0.2) is 5.13 Å². The zero-order valence-electron chi connectivity index (χ0n) is 10.8. The number of hydrogen-bond acceptors (Lipinski definition) is 6. The summed E-state index contributed by atoms with van der Waals surface area (Å²) in [5.74, 6) is 0.859. The van der Waals surface area contributed by atoms with Crippen LogP contribution in [-0.4, -0.2) is 16.6 Å². The smallest absolute Gasteiger partial charge is 0.304 e. The van der Waals surface area contributed by atoms with Crippen molar-refractivity contribution in [3.63, 3.8) is 0 Å². The Labute approximate surface area is 123 Å². The molecule has 2 N–H and O–H groups in total. The summed E-state index contributed by atoms with van der Waals surface area (Å²) in [5.41, 5.74) is 1.81. The fourth-order valence-corrected chi connectivity index (χ4v) is 3.28. The molecule has 0 fully saturated rings. The standard InChI is InChI=1S/C13H13N3O2S2/c1-2-18-9-3-4-10-11(5-9)20-12(16-10)14-6-8-7-19-13(17)15-8/h3-5,7H,2,6H2,1H3,(H,14,16)(H,15,17). The van der Waals surface area contributed by atoms with Crippen molar-refractivity contribution in [3.8, 4) is 5.75 Å². The minimum absolute atomic E-state index is 0.0348. The first-order valence-electron chi connectivity index (χ1n) is 6.18. The quantitative estimate of drug-likeness (QED) is 0.760.